The predicted octanol–water partition coefficient (Wildman–Crippen LogP) is 11.1. The zero-order valence-corrected chi connectivity index (χ0v) is 27.9. The summed E-state index contributed by atoms with van der Waals surface area (Å²) in [6, 6.07) is 65.1. The number of fused-ring (bicyclic) bond motifs is 6. The third-order valence-electron chi connectivity index (χ3n) is 10.3. The van der Waals surface area contributed by atoms with Gasteiger partial charge in [0.25, 0.3) is 0 Å². The number of amidine groups is 1. The van der Waals surface area contributed by atoms with Gasteiger partial charge in [0.05, 0.1) is 11.0 Å². The fourth-order valence-electron chi connectivity index (χ4n) is 7.90. The SMILES string of the molecule is c1ccc(C2=NC(c3c(-c4ccc(-n5c6ccccc6c6ccc7ccccc7c65)cc4)ccc4ccccc34)NC(c3ccccc3)N2)cc1. The highest BCUT2D eigenvalue weighted by atomic mass is 15.3. The van der Waals surface area contributed by atoms with E-state index in [0.717, 1.165) is 33.8 Å². The first kappa shape index (κ1) is 29.4. The third kappa shape index (κ3) is 5.00. The Kier molecular flexibility index (Phi) is 7.00. The van der Waals surface area contributed by atoms with Gasteiger partial charge in [-0.15, -0.1) is 0 Å². The zero-order chi connectivity index (χ0) is 33.7. The summed E-state index contributed by atoms with van der Waals surface area (Å²) in [7, 11) is 0. The molecule has 2 heterocycles. The van der Waals surface area contributed by atoms with Gasteiger partial charge < -0.3 is 9.88 Å². The monoisotopic (exact) mass is 654 g/mol. The summed E-state index contributed by atoms with van der Waals surface area (Å²) in [4.78, 5) is 5.38. The first-order chi connectivity index (χ1) is 25.3. The molecule has 1 aromatic heterocycles. The molecule has 0 amide bonds. The summed E-state index contributed by atoms with van der Waals surface area (Å²) < 4.78 is 2.42. The highest BCUT2D eigenvalue weighted by Crippen LogP contribution is 2.40. The van der Waals surface area contributed by atoms with Crippen molar-refractivity contribution >= 4 is 49.2 Å². The van der Waals surface area contributed by atoms with Crippen LogP contribution in [0.3, 0.4) is 0 Å². The van der Waals surface area contributed by atoms with Crippen molar-refractivity contribution in [2.24, 2.45) is 4.99 Å². The molecule has 0 saturated carbocycles. The van der Waals surface area contributed by atoms with E-state index in [-0.39, 0.29) is 12.3 Å². The first-order valence-corrected chi connectivity index (χ1v) is 17.5. The third-order valence-corrected chi connectivity index (χ3v) is 10.3. The van der Waals surface area contributed by atoms with Crippen LogP contribution in [-0.4, -0.2) is 10.4 Å². The number of benzene rings is 8. The van der Waals surface area contributed by atoms with Crippen LogP contribution in [0, 0.1) is 0 Å². The molecule has 4 nitrogen and oxygen atoms in total. The summed E-state index contributed by atoms with van der Waals surface area (Å²) in [6.45, 7) is 0. The molecule has 1 aliphatic rings. The lowest BCUT2D eigenvalue weighted by molar-refractivity contribution is 0.411. The van der Waals surface area contributed by atoms with Gasteiger partial charge in [0.2, 0.25) is 0 Å². The lowest BCUT2D eigenvalue weighted by atomic mass is 9.91. The van der Waals surface area contributed by atoms with Crippen molar-refractivity contribution in [2.75, 3.05) is 0 Å². The van der Waals surface area contributed by atoms with Crippen LogP contribution in [0.25, 0.3) is 60.2 Å². The molecule has 0 bridgehead atoms. The summed E-state index contributed by atoms with van der Waals surface area (Å²) >= 11 is 0. The summed E-state index contributed by atoms with van der Waals surface area (Å²) in [5.74, 6) is 0.876. The number of aliphatic imine (C=N–C) groups is 1. The van der Waals surface area contributed by atoms with Gasteiger partial charge in [-0.3, -0.25) is 5.32 Å². The second-order valence-corrected chi connectivity index (χ2v) is 13.2. The maximum absolute atomic E-state index is 5.38. The summed E-state index contributed by atoms with van der Waals surface area (Å²) in [6.07, 6.45) is -0.417. The van der Waals surface area contributed by atoms with E-state index in [4.69, 9.17) is 4.99 Å². The number of aromatic nitrogens is 1. The van der Waals surface area contributed by atoms with Crippen molar-refractivity contribution in [3.63, 3.8) is 0 Å². The molecular weight excluding hydrogens is 621 g/mol. The molecule has 51 heavy (non-hydrogen) atoms. The van der Waals surface area contributed by atoms with Crippen LogP contribution in [0.15, 0.2) is 187 Å². The Morgan fingerprint density at radius 1 is 0.471 bits per heavy atom. The van der Waals surface area contributed by atoms with E-state index in [1.54, 1.807) is 0 Å². The van der Waals surface area contributed by atoms with Gasteiger partial charge in [-0.25, -0.2) is 4.99 Å². The smallest absolute Gasteiger partial charge is 0.131 e. The summed E-state index contributed by atoms with van der Waals surface area (Å²) in [5.41, 5.74) is 9.29. The minimum absolute atomic E-state index is 0.122. The average molecular weight is 655 g/mol. The standard InChI is InChI=1S/C47H34N4/c1-3-15-34(16-4-1)45-48-46(35-17-5-2-6-18-35)50-47(49-45)43-37-19-9-7-13-31(37)25-29-38(43)33-23-27-36(28-24-33)51-42-22-12-11-21-40(42)41-30-26-32-14-8-10-20-39(32)44(41)51/h1-30,45,47,49H,(H,48,50). The van der Waals surface area contributed by atoms with Crippen molar-refractivity contribution in [1.82, 2.24) is 15.2 Å². The Bertz CT molecular complexity index is 2750. The normalized spacial score (nSPS) is 16.0. The second kappa shape index (κ2) is 12.1. The van der Waals surface area contributed by atoms with Gasteiger partial charge in [-0.05, 0) is 51.0 Å². The van der Waals surface area contributed by atoms with E-state index in [1.807, 2.05) is 6.07 Å². The molecule has 242 valence electrons. The number of hydrogen-bond acceptors (Lipinski definition) is 3. The molecule has 0 radical (unpaired) electrons. The van der Waals surface area contributed by atoms with Crippen molar-refractivity contribution < 1.29 is 0 Å². The fraction of sp³-hybridized carbons (Fsp3) is 0.0426. The largest absolute Gasteiger partial charge is 0.350 e. The van der Waals surface area contributed by atoms with E-state index >= 15 is 0 Å². The van der Waals surface area contributed by atoms with Crippen molar-refractivity contribution in [2.45, 2.75) is 12.3 Å². The van der Waals surface area contributed by atoms with Crippen LogP contribution in [0.5, 0.6) is 0 Å². The lowest BCUT2D eigenvalue weighted by Crippen LogP contribution is -2.45. The van der Waals surface area contributed by atoms with Crippen LogP contribution in [0.1, 0.15) is 29.0 Å². The molecule has 0 fully saturated rings. The zero-order valence-electron chi connectivity index (χ0n) is 27.9. The van der Waals surface area contributed by atoms with Crippen molar-refractivity contribution in [3.8, 4) is 16.8 Å². The van der Waals surface area contributed by atoms with Gasteiger partial charge >= 0.3 is 0 Å². The number of hydrogen-bond donors (Lipinski definition) is 2. The number of rotatable bonds is 5. The minimum Gasteiger partial charge on any atom is -0.350 e. The molecular formula is C47H34N4. The quantitative estimate of drug-likeness (QED) is 0.194. The Balaban J connectivity index is 1.15. The highest BCUT2D eigenvalue weighted by Gasteiger charge is 2.28. The lowest BCUT2D eigenvalue weighted by Gasteiger charge is -2.33. The van der Waals surface area contributed by atoms with E-state index in [0.29, 0.717) is 0 Å². The molecule has 10 rings (SSSR count). The van der Waals surface area contributed by atoms with Crippen molar-refractivity contribution in [3.05, 3.63) is 199 Å². The van der Waals surface area contributed by atoms with Crippen LogP contribution < -0.4 is 10.6 Å². The molecule has 4 heteroatoms. The highest BCUT2D eigenvalue weighted by molar-refractivity contribution is 6.18. The van der Waals surface area contributed by atoms with E-state index < -0.39 is 0 Å². The van der Waals surface area contributed by atoms with Gasteiger partial charge in [0, 0.05) is 33.0 Å². The maximum atomic E-state index is 5.38. The molecule has 0 saturated heterocycles. The molecule has 9 aromatic rings. The number of para-hydroxylation sites is 1. The maximum Gasteiger partial charge on any atom is 0.131 e. The Morgan fingerprint density at radius 2 is 1.10 bits per heavy atom. The Labute approximate surface area is 296 Å². The Hall–Kier alpha value is -6.49. The molecule has 0 spiro atoms. The van der Waals surface area contributed by atoms with Gasteiger partial charge in [-0.1, -0.05) is 164 Å². The minimum atomic E-state index is -0.295. The first-order valence-electron chi connectivity index (χ1n) is 17.5. The molecule has 1 aliphatic heterocycles. The molecule has 8 aromatic carbocycles. The predicted molar refractivity (Wildman–Crippen MR) is 212 cm³/mol. The molecule has 2 unspecified atom stereocenters. The van der Waals surface area contributed by atoms with Crippen LogP contribution >= 0.6 is 0 Å². The molecule has 0 aliphatic carbocycles. The second-order valence-electron chi connectivity index (χ2n) is 13.2. The molecule has 2 N–H and O–H groups in total. The summed E-state index contributed by atoms with van der Waals surface area (Å²) in [5, 5.41) is 15.0. The van der Waals surface area contributed by atoms with Crippen LogP contribution in [0.4, 0.5) is 0 Å². The Morgan fingerprint density at radius 3 is 1.88 bits per heavy atom. The average Bonchev–Trinajstić information content (AvgIpc) is 3.56. The van der Waals surface area contributed by atoms with E-state index in [1.165, 1.54) is 48.9 Å². The van der Waals surface area contributed by atoms with E-state index in [9.17, 15) is 0 Å². The van der Waals surface area contributed by atoms with Gasteiger partial charge in [0.15, 0.2) is 0 Å². The van der Waals surface area contributed by atoms with Gasteiger partial charge in [0.1, 0.15) is 18.2 Å². The van der Waals surface area contributed by atoms with Crippen molar-refractivity contribution in [1.29, 1.82) is 0 Å². The topological polar surface area (TPSA) is 41.4 Å². The van der Waals surface area contributed by atoms with Crippen LogP contribution in [0.2, 0.25) is 0 Å². The van der Waals surface area contributed by atoms with Gasteiger partial charge in [-0.2, -0.15) is 0 Å². The molecule has 2 atom stereocenters. The van der Waals surface area contributed by atoms with E-state index in [2.05, 4.69) is 191 Å². The fourth-order valence-corrected chi connectivity index (χ4v) is 7.90. The number of nitrogens with one attached hydrogen (secondary N) is 2. The number of nitrogens with zero attached hydrogens (tertiary/aromatic N) is 2. The van der Waals surface area contributed by atoms with Crippen LogP contribution in [-0.2, 0) is 0 Å².